The van der Waals surface area contributed by atoms with Gasteiger partial charge in [-0.05, 0) is 31.3 Å². The highest BCUT2D eigenvalue weighted by atomic mass is 32.2. The average Bonchev–Trinajstić information content (AvgIpc) is 2.69. The standard InChI is InChI=1S/C14H20FN3O3S/c1-16-14(19)11-9-17(2)7-8-18(10-11)22(20,21)13-5-3-12(15)4-6-13/h3-6,11H,7-10H2,1-2H3,(H,16,19)/t11-/m0/s1. The summed E-state index contributed by atoms with van der Waals surface area (Å²) in [5.74, 6) is -1.11. The minimum atomic E-state index is -3.74. The summed E-state index contributed by atoms with van der Waals surface area (Å²) in [6.07, 6.45) is 0. The molecule has 0 spiro atoms. The van der Waals surface area contributed by atoms with Crippen LogP contribution in [0.2, 0.25) is 0 Å². The largest absolute Gasteiger partial charge is 0.359 e. The molecule has 122 valence electrons. The van der Waals surface area contributed by atoms with Gasteiger partial charge < -0.3 is 10.2 Å². The van der Waals surface area contributed by atoms with Crippen LogP contribution >= 0.6 is 0 Å². The highest BCUT2D eigenvalue weighted by Gasteiger charge is 2.32. The number of amides is 1. The molecule has 1 fully saturated rings. The molecule has 0 aromatic heterocycles. The predicted molar refractivity (Wildman–Crippen MR) is 80.2 cm³/mol. The Morgan fingerprint density at radius 2 is 1.86 bits per heavy atom. The molecule has 1 aromatic carbocycles. The van der Waals surface area contributed by atoms with E-state index in [1.54, 1.807) is 0 Å². The van der Waals surface area contributed by atoms with Crippen LogP contribution in [-0.2, 0) is 14.8 Å². The second-order valence-electron chi connectivity index (χ2n) is 5.39. The quantitative estimate of drug-likeness (QED) is 0.855. The van der Waals surface area contributed by atoms with E-state index < -0.39 is 21.8 Å². The molecule has 1 heterocycles. The summed E-state index contributed by atoms with van der Waals surface area (Å²) in [7, 11) is -0.355. The number of nitrogens with zero attached hydrogens (tertiary/aromatic N) is 2. The van der Waals surface area contributed by atoms with Crippen molar-refractivity contribution in [1.82, 2.24) is 14.5 Å². The van der Waals surface area contributed by atoms with Crippen LogP contribution in [0.3, 0.4) is 0 Å². The zero-order valence-corrected chi connectivity index (χ0v) is 13.4. The lowest BCUT2D eigenvalue weighted by molar-refractivity contribution is -0.124. The molecule has 8 heteroatoms. The topological polar surface area (TPSA) is 69.7 Å². The molecule has 6 nitrogen and oxygen atoms in total. The number of benzene rings is 1. The molecule has 1 atom stereocenters. The molecule has 2 rings (SSSR count). The third-order valence-corrected chi connectivity index (χ3v) is 5.64. The Bertz CT molecular complexity index is 633. The fraction of sp³-hybridized carbons (Fsp3) is 0.500. The Balaban J connectivity index is 2.28. The number of carbonyl (C=O) groups is 1. The fourth-order valence-corrected chi connectivity index (χ4v) is 3.96. The second-order valence-corrected chi connectivity index (χ2v) is 7.33. The van der Waals surface area contributed by atoms with Crippen molar-refractivity contribution in [2.75, 3.05) is 40.3 Å². The molecule has 1 aliphatic rings. The zero-order chi connectivity index (χ0) is 16.3. The maximum Gasteiger partial charge on any atom is 0.243 e. The lowest BCUT2D eigenvalue weighted by atomic mass is 10.1. The van der Waals surface area contributed by atoms with Crippen LogP contribution < -0.4 is 5.32 Å². The molecule has 22 heavy (non-hydrogen) atoms. The van der Waals surface area contributed by atoms with Crippen LogP contribution in [0.1, 0.15) is 0 Å². The minimum absolute atomic E-state index is 0.0362. The summed E-state index contributed by atoms with van der Waals surface area (Å²) >= 11 is 0. The molecule has 1 aliphatic heterocycles. The van der Waals surface area contributed by atoms with Gasteiger partial charge in [-0.25, -0.2) is 12.8 Å². The number of carbonyl (C=O) groups excluding carboxylic acids is 1. The van der Waals surface area contributed by atoms with Gasteiger partial charge in [-0.3, -0.25) is 4.79 Å². The number of halogens is 1. The first-order chi connectivity index (χ1) is 10.3. The summed E-state index contributed by atoms with van der Waals surface area (Å²) in [5.41, 5.74) is 0. The molecule has 0 unspecified atom stereocenters. The van der Waals surface area contributed by atoms with E-state index in [9.17, 15) is 17.6 Å². The van der Waals surface area contributed by atoms with Crippen molar-refractivity contribution in [1.29, 1.82) is 0 Å². The summed E-state index contributed by atoms with van der Waals surface area (Å²) in [5, 5.41) is 2.57. The smallest absolute Gasteiger partial charge is 0.243 e. The van der Waals surface area contributed by atoms with Crippen molar-refractivity contribution in [2.24, 2.45) is 5.92 Å². The van der Waals surface area contributed by atoms with Crippen molar-refractivity contribution < 1.29 is 17.6 Å². The van der Waals surface area contributed by atoms with Crippen molar-refractivity contribution in [3.05, 3.63) is 30.1 Å². The number of likely N-dealkylation sites (N-methyl/N-ethyl adjacent to an activating group) is 1. The molecule has 0 aliphatic carbocycles. The Hall–Kier alpha value is -1.51. The van der Waals surface area contributed by atoms with Gasteiger partial charge in [-0.2, -0.15) is 4.31 Å². The van der Waals surface area contributed by atoms with Crippen LogP contribution in [0.4, 0.5) is 4.39 Å². The van der Waals surface area contributed by atoms with E-state index in [0.717, 1.165) is 12.1 Å². The average molecular weight is 329 g/mol. The first kappa shape index (κ1) is 16.9. The van der Waals surface area contributed by atoms with Gasteiger partial charge in [0.2, 0.25) is 15.9 Å². The summed E-state index contributed by atoms with van der Waals surface area (Å²) in [6.45, 7) is 1.44. The Labute approximate surface area is 130 Å². The number of hydrogen-bond donors (Lipinski definition) is 1. The van der Waals surface area contributed by atoms with Crippen molar-refractivity contribution >= 4 is 15.9 Å². The fourth-order valence-electron chi connectivity index (χ4n) is 2.49. The van der Waals surface area contributed by atoms with E-state index in [1.807, 2.05) is 11.9 Å². The second kappa shape index (κ2) is 6.72. The molecular formula is C14H20FN3O3S. The van der Waals surface area contributed by atoms with E-state index in [0.29, 0.717) is 19.6 Å². The van der Waals surface area contributed by atoms with E-state index in [-0.39, 0.29) is 17.3 Å². The van der Waals surface area contributed by atoms with Gasteiger partial charge in [0.1, 0.15) is 5.82 Å². The van der Waals surface area contributed by atoms with Gasteiger partial charge in [-0.15, -0.1) is 0 Å². The van der Waals surface area contributed by atoms with Crippen molar-refractivity contribution in [3.63, 3.8) is 0 Å². The third kappa shape index (κ3) is 3.63. The van der Waals surface area contributed by atoms with E-state index in [2.05, 4.69) is 5.32 Å². The summed E-state index contributed by atoms with van der Waals surface area (Å²) in [6, 6.07) is 4.72. The first-order valence-corrected chi connectivity index (χ1v) is 8.44. The Morgan fingerprint density at radius 1 is 1.23 bits per heavy atom. The van der Waals surface area contributed by atoms with Gasteiger partial charge in [0.15, 0.2) is 0 Å². The lowest BCUT2D eigenvalue weighted by Crippen LogP contribution is -2.41. The third-order valence-electron chi connectivity index (χ3n) is 3.76. The molecule has 1 N–H and O–H groups in total. The highest BCUT2D eigenvalue weighted by Crippen LogP contribution is 2.20. The maximum atomic E-state index is 13.0. The molecule has 1 saturated heterocycles. The molecule has 0 saturated carbocycles. The minimum Gasteiger partial charge on any atom is -0.359 e. The van der Waals surface area contributed by atoms with Crippen LogP contribution in [0.15, 0.2) is 29.2 Å². The number of hydrogen-bond acceptors (Lipinski definition) is 4. The highest BCUT2D eigenvalue weighted by molar-refractivity contribution is 7.89. The molecule has 0 bridgehead atoms. The normalized spacial score (nSPS) is 21.3. The first-order valence-electron chi connectivity index (χ1n) is 7.00. The van der Waals surface area contributed by atoms with Gasteiger partial charge in [0.25, 0.3) is 0 Å². The lowest BCUT2D eigenvalue weighted by Gasteiger charge is -2.22. The van der Waals surface area contributed by atoms with Gasteiger partial charge in [0.05, 0.1) is 10.8 Å². The van der Waals surface area contributed by atoms with Crippen LogP contribution in [-0.4, -0.2) is 63.8 Å². The van der Waals surface area contributed by atoms with Gasteiger partial charge >= 0.3 is 0 Å². The van der Waals surface area contributed by atoms with E-state index in [4.69, 9.17) is 0 Å². The van der Waals surface area contributed by atoms with E-state index >= 15 is 0 Å². The Morgan fingerprint density at radius 3 is 2.45 bits per heavy atom. The molecular weight excluding hydrogens is 309 g/mol. The molecule has 0 radical (unpaired) electrons. The van der Waals surface area contributed by atoms with Crippen LogP contribution in [0.25, 0.3) is 0 Å². The number of sulfonamides is 1. The van der Waals surface area contributed by atoms with Crippen molar-refractivity contribution in [3.8, 4) is 0 Å². The Kier molecular flexibility index (Phi) is 5.15. The number of rotatable bonds is 3. The zero-order valence-electron chi connectivity index (χ0n) is 12.6. The predicted octanol–water partition coefficient (Wildman–Crippen LogP) is 0.124. The SMILES string of the molecule is CNC(=O)[C@H]1CN(C)CCN(S(=O)(=O)c2ccc(F)cc2)C1. The summed E-state index contributed by atoms with van der Waals surface area (Å²) < 4.78 is 39.6. The van der Waals surface area contributed by atoms with Gasteiger partial charge in [-0.1, -0.05) is 0 Å². The summed E-state index contributed by atoms with van der Waals surface area (Å²) in [4.78, 5) is 13.9. The van der Waals surface area contributed by atoms with E-state index in [1.165, 1.54) is 23.5 Å². The maximum absolute atomic E-state index is 13.0. The molecule has 1 aromatic rings. The van der Waals surface area contributed by atoms with Crippen molar-refractivity contribution in [2.45, 2.75) is 4.90 Å². The van der Waals surface area contributed by atoms with Crippen LogP contribution in [0.5, 0.6) is 0 Å². The molecule has 1 amide bonds. The monoisotopic (exact) mass is 329 g/mol. The van der Waals surface area contributed by atoms with Crippen LogP contribution in [0, 0.1) is 11.7 Å². The van der Waals surface area contributed by atoms with Gasteiger partial charge in [0, 0.05) is 33.2 Å². The number of nitrogens with one attached hydrogen (secondary N) is 1.